The monoisotopic (exact) mass is 383 g/mol. The number of methoxy groups -OCH3 is 2. The van der Waals surface area contributed by atoms with E-state index in [-0.39, 0.29) is 0 Å². The Morgan fingerprint density at radius 1 is 1.07 bits per heavy atom. The molecular formula is C21H29N5O2. The van der Waals surface area contributed by atoms with Gasteiger partial charge in [0.2, 0.25) is 5.88 Å². The van der Waals surface area contributed by atoms with Crippen molar-refractivity contribution in [3.8, 4) is 11.6 Å². The number of aromatic nitrogens is 1. The van der Waals surface area contributed by atoms with Crippen molar-refractivity contribution in [2.24, 2.45) is 4.99 Å². The predicted molar refractivity (Wildman–Crippen MR) is 112 cm³/mol. The molecule has 7 nitrogen and oxygen atoms in total. The number of aliphatic imine (C=N–C) groups is 1. The highest BCUT2D eigenvalue weighted by Crippen LogP contribution is 2.21. The van der Waals surface area contributed by atoms with Crippen LogP contribution in [0.5, 0.6) is 11.6 Å². The van der Waals surface area contributed by atoms with Crippen LogP contribution in [0.4, 0.5) is 5.69 Å². The minimum absolute atomic E-state index is 0.540. The number of rotatable bonds is 6. The second kappa shape index (κ2) is 9.82. The standard InChI is InChI=1S/C21H29N5O2/c1-4-22-21(24-16-17-6-5-11-23-20(17)28-3)26-14-12-25(13-15-26)18-7-9-19(27-2)10-8-18/h5-11H,4,12-16H2,1-3H3,(H,22,24). The minimum Gasteiger partial charge on any atom is -0.497 e. The fourth-order valence-corrected chi connectivity index (χ4v) is 3.28. The molecule has 0 radical (unpaired) electrons. The largest absolute Gasteiger partial charge is 0.497 e. The number of pyridine rings is 1. The molecule has 1 aliphatic heterocycles. The van der Waals surface area contributed by atoms with E-state index in [0.717, 1.165) is 50.0 Å². The molecule has 2 aromatic rings. The average Bonchev–Trinajstić information content (AvgIpc) is 2.77. The molecule has 28 heavy (non-hydrogen) atoms. The number of piperazine rings is 1. The molecule has 1 aromatic heterocycles. The minimum atomic E-state index is 0.540. The van der Waals surface area contributed by atoms with Crippen molar-refractivity contribution in [3.05, 3.63) is 48.2 Å². The van der Waals surface area contributed by atoms with Crippen LogP contribution in [0.25, 0.3) is 0 Å². The molecule has 0 atom stereocenters. The van der Waals surface area contributed by atoms with Crippen LogP contribution in [0.3, 0.4) is 0 Å². The number of anilines is 1. The van der Waals surface area contributed by atoms with Crippen LogP contribution in [0.1, 0.15) is 12.5 Å². The van der Waals surface area contributed by atoms with Crippen molar-refractivity contribution >= 4 is 11.6 Å². The molecule has 7 heteroatoms. The molecule has 1 aliphatic rings. The van der Waals surface area contributed by atoms with E-state index in [0.29, 0.717) is 12.4 Å². The lowest BCUT2D eigenvalue weighted by molar-refractivity contribution is 0.371. The molecule has 0 saturated carbocycles. The van der Waals surface area contributed by atoms with Gasteiger partial charge in [0.1, 0.15) is 5.75 Å². The van der Waals surface area contributed by atoms with Crippen molar-refractivity contribution in [2.45, 2.75) is 13.5 Å². The van der Waals surface area contributed by atoms with Crippen LogP contribution < -0.4 is 19.7 Å². The summed E-state index contributed by atoms with van der Waals surface area (Å²) in [6.45, 7) is 7.21. The van der Waals surface area contributed by atoms with E-state index >= 15 is 0 Å². The van der Waals surface area contributed by atoms with Gasteiger partial charge in [0.25, 0.3) is 0 Å². The van der Waals surface area contributed by atoms with Gasteiger partial charge in [0, 0.05) is 50.2 Å². The van der Waals surface area contributed by atoms with Crippen LogP contribution in [0.15, 0.2) is 47.6 Å². The Hall–Kier alpha value is -2.96. The zero-order chi connectivity index (χ0) is 19.8. The molecule has 1 saturated heterocycles. The summed E-state index contributed by atoms with van der Waals surface area (Å²) < 4.78 is 10.6. The molecule has 1 N–H and O–H groups in total. The summed E-state index contributed by atoms with van der Waals surface area (Å²) in [7, 11) is 3.33. The molecule has 0 spiro atoms. The number of hydrogen-bond donors (Lipinski definition) is 1. The molecule has 0 amide bonds. The van der Waals surface area contributed by atoms with Crippen molar-refractivity contribution < 1.29 is 9.47 Å². The second-order valence-corrected chi connectivity index (χ2v) is 6.51. The number of nitrogens with zero attached hydrogens (tertiary/aromatic N) is 4. The maximum atomic E-state index is 5.33. The normalized spacial score (nSPS) is 14.8. The molecule has 0 unspecified atom stereocenters. The average molecular weight is 383 g/mol. The van der Waals surface area contributed by atoms with Crippen LogP contribution in [-0.2, 0) is 6.54 Å². The van der Waals surface area contributed by atoms with Crippen LogP contribution >= 0.6 is 0 Å². The van der Waals surface area contributed by atoms with E-state index in [4.69, 9.17) is 14.5 Å². The van der Waals surface area contributed by atoms with Crippen molar-refractivity contribution in [1.82, 2.24) is 15.2 Å². The van der Waals surface area contributed by atoms with Crippen molar-refractivity contribution in [2.75, 3.05) is 51.8 Å². The predicted octanol–water partition coefficient (Wildman–Crippen LogP) is 2.39. The van der Waals surface area contributed by atoms with Gasteiger partial charge in [0.15, 0.2) is 5.96 Å². The highest BCUT2D eigenvalue weighted by atomic mass is 16.5. The van der Waals surface area contributed by atoms with Gasteiger partial charge in [0.05, 0.1) is 20.8 Å². The SMILES string of the molecule is CCNC(=NCc1cccnc1OC)N1CCN(c2ccc(OC)cc2)CC1. The summed E-state index contributed by atoms with van der Waals surface area (Å²) in [5, 5.41) is 3.41. The van der Waals surface area contributed by atoms with E-state index in [1.165, 1.54) is 5.69 Å². The maximum Gasteiger partial charge on any atom is 0.218 e. The summed E-state index contributed by atoms with van der Waals surface area (Å²) in [5.41, 5.74) is 2.21. The zero-order valence-electron chi connectivity index (χ0n) is 16.9. The molecular weight excluding hydrogens is 354 g/mol. The second-order valence-electron chi connectivity index (χ2n) is 6.51. The fraction of sp³-hybridized carbons (Fsp3) is 0.429. The Morgan fingerprint density at radius 2 is 1.82 bits per heavy atom. The van der Waals surface area contributed by atoms with Gasteiger partial charge in [-0.15, -0.1) is 0 Å². The van der Waals surface area contributed by atoms with Crippen LogP contribution in [0.2, 0.25) is 0 Å². The Bertz CT molecular complexity index is 771. The first kappa shape index (κ1) is 19.8. The van der Waals surface area contributed by atoms with E-state index in [9.17, 15) is 0 Å². The highest BCUT2D eigenvalue weighted by molar-refractivity contribution is 5.80. The first-order valence-corrected chi connectivity index (χ1v) is 9.65. The third-order valence-corrected chi connectivity index (χ3v) is 4.79. The number of hydrogen-bond acceptors (Lipinski definition) is 5. The van der Waals surface area contributed by atoms with Gasteiger partial charge in [-0.2, -0.15) is 0 Å². The molecule has 1 aromatic carbocycles. The smallest absolute Gasteiger partial charge is 0.218 e. The van der Waals surface area contributed by atoms with Crippen LogP contribution in [-0.4, -0.2) is 62.8 Å². The van der Waals surface area contributed by atoms with Gasteiger partial charge in [-0.25, -0.2) is 9.98 Å². The molecule has 0 bridgehead atoms. The number of benzene rings is 1. The number of ether oxygens (including phenoxy) is 2. The fourth-order valence-electron chi connectivity index (χ4n) is 3.28. The molecule has 150 valence electrons. The summed E-state index contributed by atoms with van der Waals surface area (Å²) in [4.78, 5) is 13.8. The lowest BCUT2D eigenvalue weighted by Gasteiger charge is -2.37. The molecule has 0 aliphatic carbocycles. The Morgan fingerprint density at radius 3 is 2.46 bits per heavy atom. The summed E-state index contributed by atoms with van der Waals surface area (Å²) >= 11 is 0. The van der Waals surface area contributed by atoms with E-state index in [2.05, 4.69) is 39.2 Å². The van der Waals surface area contributed by atoms with Crippen molar-refractivity contribution in [3.63, 3.8) is 0 Å². The number of nitrogens with one attached hydrogen (secondary N) is 1. The lowest BCUT2D eigenvalue weighted by Crippen LogP contribution is -2.52. The van der Waals surface area contributed by atoms with E-state index in [1.54, 1.807) is 20.4 Å². The Kier molecular flexibility index (Phi) is 6.94. The zero-order valence-corrected chi connectivity index (χ0v) is 16.9. The highest BCUT2D eigenvalue weighted by Gasteiger charge is 2.20. The maximum absolute atomic E-state index is 5.33. The topological polar surface area (TPSA) is 62.2 Å². The first-order valence-electron chi connectivity index (χ1n) is 9.65. The summed E-state index contributed by atoms with van der Waals surface area (Å²) in [6.07, 6.45) is 1.73. The van der Waals surface area contributed by atoms with E-state index < -0.39 is 0 Å². The van der Waals surface area contributed by atoms with Crippen LogP contribution in [0, 0.1) is 0 Å². The molecule has 1 fully saturated rings. The van der Waals surface area contributed by atoms with Crippen molar-refractivity contribution in [1.29, 1.82) is 0 Å². The quantitative estimate of drug-likeness (QED) is 0.610. The Balaban J connectivity index is 1.63. The third kappa shape index (κ3) is 4.85. The Labute approximate surface area is 167 Å². The first-order chi connectivity index (χ1) is 13.7. The van der Waals surface area contributed by atoms with Gasteiger partial charge < -0.3 is 24.6 Å². The summed E-state index contributed by atoms with van der Waals surface area (Å²) in [6, 6.07) is 12.2. The van der Waals surface area contributed by atoms with Gasteiger partial charge >= 0.3 is 0 Å². The molecule has 3 rings (SSSR count). The molecule has 2 heterocycles. The third-order valence-electron chi connectivity index (χ3n) is 4.79. The number of guanidine groups is 1. The van der Waals surface area contributed by atoms with Gasteiger partial charge in [-0.1, -0.05) is 6.07 Å². The van der Waals surface area contributed by atoms with E-state index in [1.807, 2.05) is 24.3 Å². The van der Waals surface area contributed by atoms with Gasteiger partial charge in [-0.3, -0.25) is 0 Å². The summed E-state index contributed by atoms with van der Waals surface area (Å²) in [5.74, 6) is 2.45. The lowest BCUT2D eigenvalue weighted by atomic mass is 10.2. The van der Waals surface area contributed by atoms with Gasteiger partial charge in [-0.05, 0) is 37.3 Å².